The van der Waals surface area contributed by atoms with Crippen molar-refractivity contribution in [1.82, 2.24) is 5.16 Å². The number of hydrogen-bond donors (Lipinski definition) is 1. The van der Waals surface area contributed by atoms with E-state index in [1.165, 1.54) is 24.3 Å². The fourth-order valence-corrected chi connectivity index (χ4v) is 1.51. The fourth-order valence-electron chi connectivity index (χ4n) is 1.34. The molecule has 2 aromatic rings. The Bertz CT molecular complexity index is 600. The van der Waals surface area contributed by atoms with Crippen LogP contribution in [0.4, 0.5) is 10.1 Å². The number of nitrogens with one attached hydrogen (secondary N) is 1. The molecule has 0 saturated heterocycles. The number of benzene rings is 1. The Morgan fingerprint density at radius 2 is 2.37 bits per heavy atom. The van der Waals surface area contributed by atoms with Gasteiger partial charge >= 0.3 is 0 Å². The molecule has 1 amide bonds. The molecule has 1 aromatic heterocycles. The van der Waals surface area contributed by atoms with E-state index >= 15 is 0 Å². The lowest BCUT2D eigenvalue weighted by Crippen LogP contribution is -2.20. The van der Waals surface area contributed by atoms with Crippen molar-refractivity contribution in [2.24, 2.45) is 0 Å². The van der Waals surface area contributed by atoms with Gasteiger partial charge in [-0.2, -0.15) is 0 Å². The number of anilines is 1. The van der Waals surface area contributed by atoms with Crippen LogP contribution in [0, 0.1) is 12.7 Å². The van der Waals surface area contributed by atoms with Crippen molar-refractivity contribution >= 4 is 23.2 Å². The van der Waals surface area contributed by atoms with Gasteiger partial charge in [0.2, 0.25) is 0 Å². The third-order valence-electron chi connectivity index (χ3n) is 2.18. The summed E-state index contributed by atoms with van der Waals surface area (Å²) < 4.78 is 23.3. The van der Waals surface area contributed by atoms with Gasteiger partial charge in [0.25, 0.3) is 11.8 Å². The van der Waals surface area contributed by atoms with Gasteiger partial charge in [0.1, 0.15) is 5.76 Å². The number of carbonyl (C=O) groups is 1. The lowest BCUT2D eigenvalue weighted by atomic mass is 10.3. The molecule has 0 radical (unpaired) electrons. The third kappa shape index (κ3) is 3.45. The van der Waals surface area contributed by atoms with Crippen LogP contribution in [0.15, 0.2) is 28.8 Å². The lowest BCUT2D eigenvalue weighted by molar-refractivity contribution is -0.118. The number of hydrogen-bond acceptors (Lipinski definition) is 4. The molecule has 7 heteroatoms. The van der Waals surface area contributed by atoms with Crippen LogP contribution in [0.3, 0.4) is 0 Å². The van der Waals surface area contributed by atoms with Crippen LogP contribution < -0.4 is 10.1 Å². The summed E-state index contributed by atoms with van der Waals surface area (Å²) in [4.78, 5) is 11.6. The maximum absolute atomic E-state index is 13.5. The van der Waals surface area contributed by atoms with E-state index in [1.807, 2.05) is 0 Å². The van der Waals surface area contributed by atoms with Crippen molar-refractivity contribution in [2.75, 3.05) is 11.9 Å². The second kappa shape index (κ2) is 5.71. The Morgan fingerprint density at radius 1 is 1.58 bits per heavy atom. The van der Waals surface area contributed by atoms with Gasteiger partial charge in [0.15, 0.2) is 12.4 Å². The standard InChI is InChI=1S/C12H10ClFN2O3/c1-7-5-11(16-19-7)18-6-10(17)15-9-4-2-3-8(13)12(9)14/h2-5H,6H2,1H3,(H,15,17). The molecule has 19 heavy (non-hydrogen) atoms. The maximum atomic E-state index is 13.5. The predicted molar refractivity (Wildman–Crippen MR) is 66.8 cm³/mol. The fraction of sp³-hybridized carbons (Fsp3) is 0.167. The Kier molecular flexibility index (Phi) is 4.01. The Morgan fingerprint density at radius 3 is 3.05 bits per heavy atom. The van der Waals surface area contributed by atoms with Crippen molar-refractivity contribution in [3.05, 3.63) is 40.9 Å². The Balaban J connectivity index is 1.92. The van der Waals surface area contributed by atoms with Gasteiger partial charge in [-0.25, -0.2) is 4.39 Å². The predicted octanol–water partition coefficient (Wildman–Crippen LogP) is 2.79. The van der Waals surface area contributed by atoms with Crippen LogP contribution >= 0.6 is 11.6 Å². The van der Waals surface area contributed by atoms with Gasteiger partial charge in [-0.3, -0.25) is 4.79 Å². The zero-order valence-corrected chi connectivity index (χ0v) is 10.7. The van der Waals surface area contributed by atoms with Crippen LogP contribution in [-0.2, 0) is 4.79 Å². The molecule has 0 bridgehead atoms. The molecule has 100 valence electrons. The molecule has 5 nitrogen and oxygen atoms in total. The number of aromatic nitrogens is 1. The molecule has 0 aliphatic carbocycles. The zero-order valence-electron chi connectivity index (χ0n) is 9.94. The molecule has 0 atom stereocenters. The van der Waals surface area contributed by atoms with Crippen LogP contribution in [0.1, 0.15) is 5.76 Å². The highest BCUT2D eigenvalue weighted by Crippen LogP contribution is 2.21. The van der Waals surface area contributed by atoms with E-state index in [1.54, 1.807) is 6.92 Å². The van der Waals surface area contributed by atoms with Gasteiger partial charge in [-0.05, 0) is 24.2 Å². The van der Waals surface area contributed by atoms with E-state index < -0.39 is 11.7 Å². The number of rotatable bonds is 4. The highest BCUT2D eigenvalue weighted by molar-refractivity contribution is 6.31. The molecule has 0 aliphatic rings. The average Bonchev–Trinajstić information content (AvgIpc) is 2.78. The third-order valence-corrected chi connectivity index (χ3v) is 2.48. The summed E-state index contributed by atoms with van der Waals surface area (Å²) in [6, 6.07) is 5.86. The minimum Gasteiger partial charge on any atom is -0.465 e. The first kappa shape index (κ1) is 13.4. The van der Waals surface area contributed by atoms with Crippen molar-refractivity contribution in [2.45, 2.75) is 6.92 Å². The van der Waals surface area contributed by atoms with Crippen molar-refractivity contribution < 1.29 is 18.4 Å². The number of nitrogens with zero attached hydrogens (tertiary/aromatic N) is 1. The number of carbonyl (C=O) groups excluding carboxylic acids is 1. The molecule has 0 saturated carbocycles. The van der Waals surface area contributed by atoms with Gasteiger partial charge in [0.05, 0.1) is 10.7 Å². The molecule has 1 heterocycles. The first-order chi connectivity index (χ1) is 9.06. The van der Waals surface area contributed by atoms with E-state index in [9.17, 15) is 9.18 Å². The van der Waals surface area contributed by atoms with Crippen molar-refractivity contribution in [3.8, 4) is 5.88 Å². The van der Waals surface area contributed by atoms with E-state index in [0.717, 1.165) is 0 Å². The highest BCUT2D eigenvalue weighted by Gasteiger charge is 2.11. The smallest absolute Gasteiger partial charge is 0.262 e. The molecule has 1 N–H and O–H groups in total. The zero-order chi connectivity index (χ0) is 13.8. The summed E-state index contributed by atoms with van der Waals surface area (Å²) >= 11 is 5.59. The summed E-state index contributed by atoms with van der Waals surface area (Å²) in [6.45, 7) is 1.39. The van der Waals surface area contributed by atoms with Crippen molar-refractivity contribution in [1.29, 1.82) is 0 Å². The molecule has 0 spiro atoms. The first-order valence-corrected chi connectivity index (χ1v) is 5.74. The second-order valence-corrected chi connectivity index (χ2v) is 4.12. The minimum absolute atomic E-state index is 0.00238. The molecular formula is C12H10ClFN2O3. The SMILES string of the molecule is Cc1cc(OCC(=O)Nc2cccc(Cl)c2F)no1. The van der Waals surface area contributed by atoms with E-state index in [4.69, 9.17) is 20.9 Å². The summed E-state index contributed by atoms with van der Waals surface area (Å²) in [6.07, 6.45) is 0. The maximum Gasteiger partial charge on any atom is 0.262 e. The summed E-state index contributed by atoms with van der Waals surface area (Å²) in [5.74, 6) is -0.452. The molecule has 0 unspecified atom stereocenters. The summed E-state index contributed by atoms with van der Waals surface area (Å²) in [5, 5.41) is 5.84. The summed E-state index contributed by atoms with van der Waals surface area (Å²) in [7, 11) is 0. The Hall–Kier alpha value is -2.08. The van der Waals surface area contributed by atoms with Crippen LogP contribution in [-0.4, -0.2) is 17.7 Å². The topological polar surface area (TPSA) is 64.4 Å². The lowest BCUT2D eigenvalue weighted by Gasteiger charge is -2.07. The number of amides is 1. The number of aryl methyl sites for hydroxylation is 1. The average molecular weight is 285 g/mol. The van der Waals surface area contributed by atoms with E-state index in [2.05, 4.69) is 10.5 Å². The summed E-state index contributed by atoms with van der Waals surface area (Å²) in [5.41, 5.74) is -0.00238. The van der Waals surface area contributed by atoms with Gasteiger partial charge < -0.3 is 14.6 Å². The van der Waals surface area contributed by atoms with Crippen molar-refractivity contribution in [3.63, 3.8) is 0 Å². The number of halogens is 2. The largest absolute Gasteiger partial charge is 0.465 e. The Labute approximate surface area is 113 Å². The van der Waals surface area contributed by atoms with Crippen LogP contribution in [0.2, 0.25) is 5.02 Å². The van der Waals surface area contributed by atoms with Crippen LogP contribution in [0.5, 0.6) is 5.88 Å². The van der Waals surface area contributed by atoms with E-state index in [-0.39, 0.29) is 23.2 Å². The monoisotopic (exact) mass is 284 g/mol. The minimum atomic E-state index is -0.685. The highest BCUT2D eigenvalue weighted by atomic mass is 35.5. The van der Waals surface area contributed by atoms with Gasteiger partial charge in [-0.1, -0.05) is 17.7 Å². The molecule has 0 fully saturated rings. The number of ether oxygens (including phenoxy) is 1. The quantitative estimate of drug-likeness (QED) is 0.937. The van der Waals surface area contributed by atoms with Gasteiger partial charge in [0, 0.05) is 6.07 Å². The van der Waals surface area contributed by atoms with E-state index in [0.29, 0.717) is 5.76 Å². The second-order valence-electron chi connectivity index (χ2n) is 3.71. The molecule has 2 rings (SSSR count). The normalized spacial score (nSPS) is 10.3. The van der Waals surface area contributed by atoms with Gasteiger partial charge in [-0.15, -0.1) is 0 Å². The van der Waals surface area contributed by atoms with Crippen LogP contribution in [0.25, 0.3) is 0 Å². The molecule has 0 aliphatic heterocycles. The molecular weight excluding hydrogens is 275 g/mol. The molecule has 1 aromatic carbocycles. The first-order valence-electron chi connectivity index (χ1n) is 5.36.